The lowest BCUT2D eigenvalue weighted by atomic mass is 9.77. The molecule has 1 aliphatic carbocycles. The van der Waals surface area contributed by atoms with E-state index in [9.17, 15) is 9.90 Å². The van der Waals surface area contributed by atoms with Gasteiger partial charge in [-0.3, -0.25) is 4.79 Å². The van der Waals surface area contributed by atoms with Gasteiger partial charge in [-0.05, 0) is 19.3 Å². The number of hydrogen-bond donors (Lipinski definition) is 2. The van der Waals surface area contributed by atoms with Crippen molar-refractivity contribution < 1.29 is 9.90 Å². The van der Waals surface area contributed by atoms with Crippen molar-refractivity contribution >= 4 is 5.91 Å². The van der Waals surface area contributed by atoms with E-state index in [-0.39, 0.29) is 18.1 Å². The predicted molar refractivity (Wildman–Crippen MR) is 54.3 cm³/mol. The first kappa shape index (κ1) is 10.2. The maximum absolute atomic E-state index is 11.8. The van der Waals surface area contributed by atoms with Gasteiger partial charge in [0.2, 0.25) is 0 Å². The zero-order valence-electron chi connectivity index (χ0n) is 8.73. The van der Waals surface area contributed by atoms with Crippen molar-refractivity contribution in [1.82, 2.24) is 14.9 Å². The second kappa shape index (κ2) is 3.66. The largest absolute Gasteiger partial charge is 0.394 e. The van der Waals surface area contributed by atoms with Crippen LogP contribution in [-0.2, 0) is 7.05 Å². The van der Waals surface area contributed by atoms with Crippen LogP contribution in [0.3, 0.4) is 0 Å². The Balaban J connectivity index is 2.07. The molecular formula is C10H15N3O2. The summed E-state index contributed by atoms with van der Waals surface area (Å²) in [6, 6.07) is 0. The van der Waals surface area contributed by atoms with E-state index in [4.69, 9.17) is 0 Å². The molecule has 1 heterocycles. The van der Waals surface area contributed by atoms with Crippen molar-refractivity contribution in [3.05, 3.63) is 18.2 Å². The van der Waals surface area contributed by atoms with Gasteiger partial charge < -0.3 is 15.0 Å². The Bertz CT molecular complexity index is 363. The highest BCUT2D eigenvalue weighted by Crippen LogP contribution is 2.31. The molecule has 0 saturated heterocycles. The fourth-order valence-corrected chi connectivity index (χ4v) is 1.81. The monoisotopic (exact) mass is 209 g/mol. The van der Waals surface area contributed by atoms with E-state index in [0.29, 0.717) is 5.69 Å². The zero-order valence-corrected chi connectivity index (χ0v) is 8.73. The number of nitrogens with zero attached hydrogens (tertiary/aromatic N) is 2. The molecule has 0 aromatic carbocycles. The van der Waals surface area contributed by atoms with E-state index in [1.165, 1.54) is 6.20 Å². The van der Waals surface area contributed by atoms with Gasteiger partial charge in [-0.1, -0.05) is 0 Å². The topological polar surface area (TPSA) is 67.2 Å². The molecule has 15 heavy (non-hydrogen) atoms. The van der Waals surface area contributed by atoms with Crippen LogP contribution in [0.4, 0.5) is 0 Å². The van der Waals surface area contributed by atoms with Gasteiger partial charge in [0.15, 0.2) is 0 Å². The minimum Gasteiger partial charge on any atom is -0.394 e. The third-order valence-electron chi connectivity index (χ3n) is 3.04. The summed E-state index contributed by atoms with van der Waals surface area (Å²) in [6.07, 6.45) is 5.88. The van der Waals surface area contributed by atoms with Crippen molar-refractivity contribution in [2.24, 2.45) is 7.05 Å². The molecule has 1 amide bonds. The van der Waals surface area contributed by atoms with E-state index >= 15 is 0 Å². The Morgan fingerprint density at radius 2 is 2.47 bits per heavy atom. The summed E-state index contributed by atoms with van der Waals surface area (Å²) in [4.78, 5) is 15.7. The number of hydrogen-bond acceptors (Lipinski definition) is 3. The van der Waals surface area contributed by atoms with Gasteiger partial charge in [-0.2, -0.15) is 0 Å². The number of aromatic nitrogens is 2. The molecule has 5 heteroatoms. The first-order valence-electron chi connectivity index (χ1n) is 5.07. The standard InChI is InChI=1S/C10H15N3O2/c1-13-7-11-5-8(13)9(15)12-10(6-14)3-2-4-10/h5,7,14H,2-4,6H2,1H3,(H,12,15). The maximum Gasteiger partial charge on any atom is 0.270 e. The van der Waals surface area contributed by atoms with Crippen LogP contribution in [0.1, 0.15) is 29.8 Å². The van der Waals surface area contributed by atoms with Crippen molar-refractivity contribution in [3.8, 4) is 0 Å². The zero-order chi connectivity index (χ0) is 10.9. The van der Waals surface area contributed by atoms with Crippen LogP contribution in [-0.4, -0.2) is 32.7 Å². The Morgan fingerprint density at radius 1 is 1.73 bits per heavy atom. The quantitative estimate of drug-likeness (QED) is 0.740. The third-order valence-corrected chi connectivity index (χ3v) is 3.04. The molecule has 2 N–H and O–H groups in total. The van der Waals surface area contributed by atoms with Gasteiger partial charge in [-0.25, -0.2) is 4.98 Å². The number of aryl methyl sites for hydroxylation is 1. The summed E-state index contributed by atoms with van der Waals surface area (Å²) in [5.41, 5.74) is 0.135. The van der Waals surface area contributed by atoms with E-state index in [1.54, 1.807) is 17.9 Å². The molecule has 2 rings (SSSR count). The lowest BCUT2D eigenvalue weighted by Crippen LogP contribution is -2.56. The van der Waals surface area contributed by atoms with Crippen LogP contribution in [0, 0.1) is 0 Å². The number of imidazole rings is 1. The Morgan fingerprint density at radius 3 is 2.87 bits per heavy atom. The van der Waals surface area contributed by atoms with Crippen molar-refractivity contribution in [1.29, 1.82) is 0 Å². The smallest absolute Gasteiger partial charge is 0.270 e. The summed E-state index contributed by atoms with van der Waals surface area (Å²) in [7, 11) is 1.77. The summed E-state index contributed by atoms with van der Waals surface area (Å²) >= 11 is 0. The molecule has 82 valence electrons. The summed E-state index contributed by atoms with van der Waals surface area (Å²) < 4.78 is 1.67. The van der Waals surface area contributed by atoms with Crippen molar-refractivity contribution in [2.45, 2.75) is 24.8 Å². The molecule has 0 atom stereocenters. The molecular weight excluding hydrogens is 194 g/mol. The maximum atomic E-state index is 11.8. The van der Waals surface area contributed by atoms with Gasteiger partial charge in [-0.15, -0.1) is 0 Å². The lowest BCUT2D eigenvalue weighted by Gasteiger charge is -2.40. The number of aliphatic hydroxyl groups excluding tert-OH is 1. The average molecular weight is 209 g/mol. The number of rotatable bonds is 3. The van der Waals surface area contributed by atoms with Crippen LogP contribution in [0.15, 0.2) is 12.5 Å². The molecule has 0 radical (unpaired) electrons. The molecule has 1 aliphatic rings. The fraction of sp³-hybridized carbons (Fsp3) is 0.600. The van der Waals surface area contributed by atoms with Crippen molar-refractivity contribution in [2.75, 3.05) is 6.61 Å². The Kier molecular flexibility index (Phi) is 2.48. The highest BCUT2D eigenvalue weighted by molar-refractivity contribution is 5.92. The second-order valence-corrected chi connectivity index (χ2v) is 4.14. The van der Waals surface area contributed by atoms with Crippen LogP contribution < -0.4 is 5.32 Å². The van der Waals surface area contributed by atoms with E-state index in [2.05, 4.69) is 10.3 Å². The molecule has 5 nitrogen and oxygen atoms in total. The van der Waals surface area contributed by atoms with Gasteiger partial charge in [0, 0.05) is 7.05 Å². The van der Waals surface area contributed by atoms with Crippen LogP contribution in [0.5, 0.6) is 0 Å². The predicted octanol–water partition coefficient (Wildman–Crippen LogP) is 0.0649. The van der Waals surface area contributed by atoms with Crippen LogP contribution in [0.25, 0.3) is 0 Å². The van der Waals surface area contributed by atoms with Gasteiger partial charge >= 0.3 is 0 Å². The Hall–Kier alpha value is -1.36. The SMILES string of the molecule is Cn1cncc1C(=O)NC1(CO)CCC1. The first-order chi connectivity index (χ1) is 7.17. The molecule has 1 aromatic heterocycles. The number of nitrogens with one attached hydrogen (secondary N) is 1. The first-order valence-corrected chi connectivity index (χ1v) is 5.07. The third kappa shape index (κ3) is 1.74. The van der Waals surface area contributed by atoms with E-state index in [0.717, 1.165) is 19.3 Å². The minimum absolute atomic E-state index is 0.0105. The Labute approximate surface area is 88.1 Å². The van der Waals surface area contributed by atoms with Crippen LogP contribution in [0.2, 0.25) is 0 Å². The summed E-state index contributed by atoms with van der Waals surface area (Å²) in [5, 5.41) is 12.1. The van der Waals surface area contributed by atoms with Gasteiger partial charge in [0.05, 0.1) is 24.7 Å². The minimum atomic E-state index is -0.388. The number of aliphatic hydroxyl groups is 1. The fourth-order valence-electron chi connectivity index (χ4n) is 1.81. The number of carbonyl (C=O) groups excluding carboxylic acids is 1. The summed E-state index contributed by atoms with van der Waals surface area (Å²) in [6.45, 7) is 0.0105. The highest BCUT2D eigenvalue weighted by atomic mass is 16.3. The van der Waals surface area contributed by atoms with E-state index in [1.807, 2.05) is 0 Å². The normalized spacial score (nSPS) is 18.3. The molecule has 1 fully saturated rings. The second-order valence-electron chi connectivity index (χ2n) is 4.14. The molecule has 1 aromatic rings. The molecule has 0 bridgehead atoms. The molecule has 1 saturated carbocycles. The van der Waals surface area contributed by atoms with Gasteiger partial charge in [0.1, 0.15) is 5.69 Å². The lowest BCUT2D eigenvalue weighted by molar-refractivity contribution is 0.0635. The molecule has 0 spiro atoms. The number of amides is 1. The molecule has 0 aliphatic heterocycles. The van der Waals surface area contributed by atoms with Gasteiger partial charge in [0.25, 0.3) is 5.91 Å². The van der Waals surface area contributed by atoms with Crippen molar-refractivity contribution in [3.63, 3.8) is 0 Å². The highest BCUT2D eigenvalue weighted by Gasteiger charge is 2.38. The van der Waals surface area contributed by atoms with Crippen LogP contribution >= 0.6 is 0 Å². The summed E-state index contributed by atoms with van der Waals surface area (Å²) in [5.74, 6) is -0.163. The molecule has 0 unspecified atom stereocenters. The van der Waals surface area contributed by atoms with E-state index < -0.39 is 0 Å². The average Bonchev–Trinajstić information content (AvgIpc) is 2.58. The number of carbonyl (C=O) groups is 1.